The van der Waals surface area contributed by atoms with Crippen molar-refractivity contribution in [2.24, 2.45) is 0 Å². The van der Waals surface area contributed by atoms with Gasteiger partial charge in [0.15, 0.2) is 5.78 Å². The highest BCUT2D eigenvalue weighted by atomic mass is 16.2. The zero-order valence-corrected chi connectivity index (χ0v) is 16.2. The summed E-state index contributed by atoms with van der Waals surface area (Å²) in [4.78, 5) is 27.9. The average Bonchev–Trinajstić information content (AvgIpc) is 2.61. The Labute approximate surface area is 160 Å². The first kappa shape index (κ1) is 17.7. The molecule has 2 aliphatic rings. The van der Waals surface area contributed by atoms with Gasteiger partial charge >= 0.3 is 0 Å². The molecule has 138 valence electrons. The zero-order chi connectivity index (χ0) is 19.1. The Morgan fingerprint density at radius 3 is 2.19 bits per heavy atom. The molecule has 3 nitrogen and oxygen atoms in total. The fraction of sp³-hybridized carbons (Fsp3) is 0.333. The number of anilines is 1. The van der Waals surface area contributed by atoms with E-state index in [-0.39, 0.29) is 17.6 Å². The number of hydrogen-bond acceptors (Lipinski definition) is 2. The fourth-order valence-electron chi connectivity index (χ4n) is 4.46. The molecule has 1 aliphatic carbocycles. The Bertz CT molecular complexity index is 933. The molecule has 2 aromatic rings. The molecule has 2 aromatic carbocycles. The molecule has 27 heavy (non-hydrogen) atoms. The van der Waals surface area contributed by atoms with Gasteiger partial charge in [0.25, 0.3) is 0 Å². The van der Waals surface area contributed by atoms with Gasteiger partial charge in [-0.3, -0.25) is 14.5 Å². The lowest BCUT2D eigenvalue weighted by atomic mass is 9.77. The Hall–Kier alpha value is -2.68. The molecule has 0 fully saturated rings. The summed E-state index contributed by atoms with van der Waals surface area (Å²) in [5, 5.41) is 0. The number of aryl methyl sites for hydroxylation is 3. The highest BCUT2D eigenvalue weighted by molar-refractivity contribution is 6.07. The van der Waals surface area contributed by atoms with E-state index in [1.165, 1.54) is 5.56 Å². The van der Waals surface area contributed by atoms with Crippen LogP contribution in [0.25, 0.3) is 0 Å². The summed E-state index contributed by atoms with van der Waals surface area (Å²) in [5.41, 5.74) is 7.16. The lowest BCUT2D eigenvalue weighted by Gasteiger charge is -2.38. The highest BCUT2D eigenvalue weighted by Crippen LogP contribution is 2.43. The van der Waals surface area contributed by atoms with Crippen molar-refractivity contribution in [1.29, 1.82) is 0 Å². The third-order valence-electron chi connectivity index (χ3n) is 5.62. The molecule has 3 heteroatoms. The number of Topliss-reactive ketones (excluding diaryl/α,β-unsaturated/α-hetero) is 1. The van der Waals surface area contributed by atoms with E-state index < -0.39 is 0 Å². The molecule has 0 radical (unpaired) electrons. The molecular weight excluding hydrogens is 334 g/mol. The second-order valence-electron chi connectivity index (χ2n) is 7.88. The molecule has 1 unspecified atom stereocenters. The predicted octanol–water partition coefficient (Wildman–Crippen LogP) is 5.14. The second kappa shape index (κ2) is 6.80. The maximum absolute atomic E-state index is 13.2. The fourth-order valence-corrected chi connectivity index (χ4v) is 4.46. The van der Waals surface area contributed by atoms with Crippen LogP contribution in [-0.4, -0.2) is 11.7 Å². The number of benzene rings is 2. The highest BCUT2D eigenvalue weighted by Gasteiger charge is 2.39. The predicted molar refractivity (Wildman–Crippen MR) is 108 cm³/mol. The number of carbonyl (C=O) groups is 2. The van der Waals surface area contributed by atoms with E-state index in [2.05, 4.69) is 30.3 Å². The van der Waals surface area contributed by atoms with Gasteiger partial charge in [-0.15, -0.1) is 0 Å². The van der Waals surface area contributed by atoms with Gasteiger partial charge in [0, 0.05) is 35.7 Å². The molecular formula is C24H25NO2. The molecule has 1 amide bonds. The maximum atomic E-state index is 13.2. The van der Waals surface area contributed by atoms with Crippen molar-refractivity contribution in [3.05, 3.63) is 76.0 Å². The smallest absolute Gasteiger partial charge is 0.232 e. The molecule has 0 spiro atoms. The van der Waals surface area contributed by atoms with Crippen LogP contribution >= 0.6 is 0 Å². The van der Waals surface area contributed by atoms with Crippen LogP contribution in [-0.2, 0) is 9.59 Å². The minimum atomic E-state index is -0.122. The molecule has 0 N–H and O–H groups in total. The Morgan fingerprint density at radius 2 is 1.52 bits per heavy atom. The average molecular weight is 359 g/mol. The Kier molecular flexibility index (Phi) is 4.47. The number of carbonyl (C=O) groups excluding carboxylic acids is 2. The van der Waals surface area contributed by atoms with Crippen molar-refractivity contribution in [1.82, 2.24) is 0 Å². The Balaban J connectivity index is 1.86. The molecule has 0 bridgehead atoms. The first-order chi connectivity index (χ1) is 12.9. The summed E-state index contributed by atoms with van der Waals surface area (Å²) >= 11 is 0. The van der Waals surface area contributed by atoms with E-state index in [0.717, 1.165) is 46.5 Å². The van der Waals surface area contributed by atoms with E-state index >= 15 is 0 Å². The third kappa shape index (κ3) is 3.23. The van der Waals surface area contributed by atoms with E-state index in [9.17, 15) is 9.59 Å². The van der Waals surface area contributed by atoms with Crippen LogP contribution in [0.1, 0.15) is 53.9 Å². The molecule has 1 heterocycles. The first-order valence-corrected chi connectivity index (χ1v) is 9.68. The second-order valence-corrected chi connectivity index (χ2v) is 7.88. The number of hydrogen-bond donors (Lipinski definition) is 0. The van der Waals surface area contributed by atoms with Gasteiger partial charge in [-0.1, -0.05) is 35.9 Å². The largest absolute Gasteiger partial charge is 0.294 e. The van der Waals surface area contributed by atoms with Crippen LogP contribution < -0.4 is 4.90 Å². The topological polar surface area (TPSA) is 37.4 Å². The summed E-state index contributed by atoms with van der Waals surface area (Å²) in [6.07, 6.45) is 2.52. The van der Waals surface area contributed by atoms with Gasteiger partial charge in [-0.25, -0.2) is 0 Å². The molecule has 4 rings (SSSR count). The SMILES string of the molecule is Cc1ccc(C2CC(=O)N(c3cc(C)cc(C)c3)C3=C2C(=O)CCC3)cc1. The van der Waals surface area contributed by atoms with E-state index in [4.69, 9.17) is 0 Å². The van der Waals surface area contributed by atoms with Crippen molar-refractivity contribution < 1.29 is 9.59 Å². The van der Waals surface area contributed by atoms with Crippen molar-refractivity contribution in [3.8, 4) is 0 Å². The van der Waals surface area contributed by atoms with E-state index in [1.807, 2.05) is 37.8 Å². The van der Waals surface area contributed by atoms with Gasteiger partial charge < -0.3 is 0 Å². The minimum absolute atomic E-state index is 0.0824. The number of ketones is 1. The number of amides is 1. The van der Waals surface area contributed by atoms with Gasteiger partial charge in [-0.2, -0.15) is 0 Å². The third-order valence-corrected chi connectivity index (χ3v) is 5.62. The minimum Gasteiger partial charge on any atom is -0.294 e. The van der Waals surface area contributed by atoms with E-state index in [1.54, 1.807) is 0 Å². The van der Waals surface area contributed by atoms with Crippen LogP contribution in [0.4, 0.5) is 5.69 Å². The molecule has 0 saturated heterocycles. The van der Waals surface area contributed by atoms with Gasteiger partial charge in [0.2, 0.25) is 5.91 Å². The number of allylic oxidation sites excluding steroid dienone is 2. The van der Waals surface area contributed by atoms with Gasteiger partial charge in [-0.05, 0) is 62.4 Å². The monoisotopic (exact) mass is 359 g/mol. The summed E-state index contributed by atoms with van der Waals surface area (Å²) in [6, 6.07) is 14.4. The van der Waals surface area contributed by atoms with Crippen LogP contribution in [0.2, 0.25) is 0 Å². The van der Waals surface area contributed by atoms with Crippen molar-refractivity contribution in [2.45, 2.75) is 52.4 Å². The summed E-state index contributed by atoms with van der Waals surface area (Å²) in [5.74, 6) is 0.158. The Morgan fingerprint density at radius 1 is 0.852 bits per heavy atom. The van der Waals surface area contributed by atoms with Crippen LogP contribution in [0.15, 0.2) is 53.7 Å². The molecule has 1 aliphatic heterocycles. The van der Waals surface area contributed by atoms with Crippen molar-refractivity contribution in [2.75, 3.05) is 4.90 Å². The standard InChI is InChI=1S/C24H25NO2/c1-15-7-9-18(10-8-15)20-14-23(27)25(19-12-16(2)11-17(3)13-19)21-5-4-6-22(26)24(20)21/h7-13,20H,4-6,14H2,1-3H3. The number of rotatable bonds is 2. The lowest BCUT2D eigenvalue weighted by molar-refractivity contribution is -0.119. The lowest BCUT2D eigenvalue weighted by Crippen LogP contribution is -2.40. The molecule has 0 saturated carbocycles. The van der Waals surface area contributed by atoms with Crippen LogP contribution in [0, 0.1) is 20.8 Å². The normalized spacial score (nSPS) is 20.1. The van der Waals surface area contributed by atoms with Crippen molar-refractivity contribution in [3.63, 3.8) is 0 Å². The summed E-state index contributed by atoms with van der Waals surface area (Å²) in [6.45, 7) is 6.14. The van der Waals surface area contributed by atoms with Crippen molar-refractivity contribution >= 4 is 17.4 Å². The number of nitrogens with zero attached hydrogens (tertiary/aromatic N) is 1. The summed E-state index contributed by atoms with van der Waals surface area (Å²) in [7, 11) is 0. The van der Waals surface area contributed by atoms with Gasteiger partial charge in [0.05, 0.1) is 0 Å². The van der Waals surface area contributed by atoms with E-state index in [0.29, 0.717) is 12.8 Å². The zero-order valence-electron chi connectivity index (χ0n) is 16.2. The quantitative estimate of drug-likeness (QED) is 0.744. The summed E-state index contributed by atoms with van der Waals surface area (Å²) < 4.78 is 0. The first-order valence-electron chi connectivity index (χ1n) is 9.68. The van der Waals surface area contributed by atoms with Crippen LogP contribution in [0.3, 0.4) is 0 Å². The molecule has 0 aromatic heterocycles. The van der Waals surface area contributed by atoms with Gasteiger partial charge in [0.1, 0.15) is 0 Å². The molecule has 1 atom stereocenters. The van der Waals surface area contributed by atoms with Crippen LogP contribution in [0.5, 0.6) is 0 Å². The maximum Gasteiger partial charge on any atom is 0.232 e.